The number of benzene rings is 2. The fourth-order valence-corrected chi connectivity index (χ4v) is 3.86. The number of carboxylic acids is 1. The Morgan fingerprint density at radius 1 is 0.926 bits per heavy atom. The van der Waals surface area contributed by atoms with Crippen LogP contribution in [0.3, 0.4) is 0 Å². The number of hydrogen-bond acceptors (Lipinski definition) is 2. The lowest BCUT2D eigenvalue weighted by atomic mass is 9.62. The molecule has 0 aromatic heterocycles. The maximum atomic E-state index is 12.9. The number of nitrogens with one attached hydrogen (secondary N) is 1. The van der Waals surface area contributed by atoms with Gasteiger partial charge < -0.3 is 10.4 Å². The average molecular weight is 365 g/mol. The number of aromatic carboxylic acids is 1. The molecule has 0 saturated heterocycles. The van der Waals surface area contributed by atoms with Crippen LogP contribution in [0.5, 0.6) is 0 Å². The lowest BCUT2D eigenvalue weighted by molar-refractivity contribution is 0.0696. The zero-order valence-corrected chi connectivity index (χ0v) is 16.6. The Kier molecular flexibility index (Phi) is 4.62. The van der Waals surface area contributed by atoms with Crippen molar-refractivity contribution in [1.82, 2.24) is 0 Å². The van der Waals surface area contributed by atoms with Gasteiger partial charge in [-0.25, -0.2) is 4.79 Å². The van der Waals surface area contributed by atoms with E-state index >= 15 is 0 Å². The fraction of sp³-hybridized carbons (Fsp3) is 0.391. The third kappa shape index (κ3) is 3.61. The van der Waals surface area contributed by atoms with Crippen LogP contribution in [-0.2, 0) is 10.8 Å². The first-order valence-corrected chi connectivity index (χ1v) is 9.32. The maximum absolute atomic E-state index is 12.9. The Morgan fingerprint density at radius 3 is 1.96 bits per heavy atom. The smallest absolute Gasteiger partial charge is 0.335 e. The first-order chi connectivity index (χ1) is 12.5. The monoisotopic (exact) mass is 365 g/mol. The van der Waals surface area contributed by atoms with Crippen LogP contribution in [0.25, 0.3) is 0 Å². The summed E-state index contributed by atoms with van der Waals surface area (Å²) in [4.78, 5) is 23.8. The normalized spacial score (nSPS) is 17.1. The van der Waals surface area contributed by atoms with Crippen molar-refractivity contribution in [1.29, 1.82) is 0 Å². The first-order valence-electron chi connectivity index (χ1n) is 9.32. The van der Waals surface area contributed by atoms with Gasteiger partial charge in [0, 0.05) is 11.3 Å². The van der Waals surface area contributed by atoms with Gasteiger partial charge in [-0.3, -0.25) is 4.79 Å². The molecule has 0 heterocycles. The molecule has 4 nitrogen and oxygen atoms in total. The van der Waals surface area contributed by atoms with Gasteiger partial charge in [0.05, 0.1) is 5.56 Å². The predicted octanol–water partition coefficient (Wildman–Crippen LogP) is 5.29. The molecule has 0 radical (unpaired) electrons. The van der Waals surface area contributed by atoms with Crippen molar-refractivity contribution in [2.24, 2.45) is 0 Å². The molecule has 142 valence electrons. The molecule has 0 aliphatic heterocycles. The largest absolute Gasteiger partial charge is 0.478 e. The second kappa shape index (κ2) is 6.52. The summed E-state index contributed by atoms with van der Waals surface area (Å²) in [5, 5.41) is 11.9. The number of fused-ring (bicyclic) bond motifs is 1. The number of anilines is 1. The van der Waals surface area contributed by atoms with E-state index in [-0.39, 0.29) is 22.3 Å². The number of carbonyl (C=O) groups is 2. The lowest BCUT2D eigenvalue weighted by Gasteiger charge is -2.42. The van der Waals surface area contributed by atoms with Crippen molar-refractivity contribution in [2.75, 3.05) is 5.32 Å². The molecule has 2 N–H and O–H groups in total. The molecule has 4 heteroatoms. The highest BCUT2D eigenvalue weighted by molar-refractivity contribution is 6.05. The third-order valence-corrected chi connectivity index (χ3v) is 5.83. The van der Waals surface area contributed by atoms with Gasteiger partial charge >= 0.3 is 5.97 Å². The van der Waals surface area contributed by atoms with E-state index in [1.54, 1.807) is 12.1 Å². The standard InChI is InChI=1S/C23H27NO3/c1-14-12-18-19(23(4,5)11-10-22(18,2)3)13-17(14)20(25)24-16-8-6-15(7-9-16)21(26)27/h6-9,12-13H,10-11H2,1-5H3,(H,24,25)(H,26,27). The fourth-order valence-electron chi connectivity index (χ4n) is 3.86. The van der Waals surface area contributed by atoms with Crippen molar-refractivity contribution >= 4 is 17.6 Å². The SMILES string of the molecule is Cc1cc2c(cc1C(=O)Nc1ccc(C(=O)O)cc1)C(C)(C)CCC2(C)C. The lowest BCUT2D eigenvalue weighted by Crippen LogP contribution is -2.34. The van der Waals surface area contributed by atoms with E-state index in [2.05, 4.69) is 39.1 Å². The summed E-state index contributed by atoms with van der Waals surface area (Å²) in [6.07, 6.45) is 2.22. The molecule has 1 aliphatic carbocycles. The van der Waals surface area contributed by atoms with E-state index in [1.165, 1.54) is 23.3 Å². The van der Waals surface area contributed by atoms with Gasteiger partial charge in [-0.15, -0.1) is 0 Å². The molecule has 0 spiro atoms. The van der Waals surface area contributed by atoms with Crippen LogP contribution in [0.1, 0.15) is 77.9 Å². The van der Waals surface area contributed by atoms with Crippen molar-refractivity contribution in [3.8, 4) is 0 Å². The van der Waals surface area contributed by atoms with Gasteiger partial charge in [0.1, 0.15) is 0 Å². The molecule has 0 atom stereocenters. The summed E-state index contributed by atoms with van der Waals surface area (Å²) in [5.74, 6) is -1.15. The van der Waals surface area contributed by atoms with Crippen molar-refractivity contribution < 1.29 is 14.7 Å². The summed E-state index contributed by atoms with van der Waals surface area (Å²) in [7, 11) is 0. The Labute approximate surface area is 160 Å². The van der Waals surface area contributed by atoms with Crippen LogP contribution in [0.15, 0.2) is 36.4 Å². The molecule has 0 fully saturated rings. The quantitative estimate of drug-likeness (QED) is 0.776. The van der Waals surface area contributed by atoms with Gasteiger partial charge in [0.15, 0.2) is 0 Å². The van der Waals surface area contributed by atoms with E-state index < -0.39 is 5.97 Å². The summed E-state index contributed by atoms with van der Waals surface area (Å²) < 4.78 is 0. The summed E-state index contributed by atoms with van der Waals surface area (Å²) in [6, 6.07) is 10.4. The highest BCUT2D eigenvalue weighted by atomic mass is 16.4. The molecular formula is C23H27NO3. The molecule has 0 saturated carbocycles. The third-order valence-electron chi connectivity index (χ3n) is 5.83. The molecular weight excluding hydrogens is 338 g/mol. The van der Waals surface area contributed by atoms with Crippen molar-refractivity contribution in [3.63, 3.8) is 0 Å². The van der Waals surface area contributed by atoms with E-state index in [9.17, 15) is 9.59 Å². The first kappa shape index (κ1) is 19.2. The summed E-state index contributed by atoms with van der Waals surface area (Å²) >= 11 is 0. The Hall–Kier alpha value is -2.62. The molecule has 2 aromatic rings. The van der Waals surface area contributed by atoms with Crippen molar-refractivity contribution in [2.45, 2.75) is 58.3 Å². The number of hydrogen-bond donors (Lipinski definition) is 2. The van der Waals surface area contributed by atoms with Crippen LogP contribution in [0, 0.1) is 6.92 Å². The van der Waals surface area contributed by atoms with Gasteiger partial charge in [-0.05, 0) is 77.6 Å². The Balaban J connectivity index is 1.95. The highest BCUT2D eigenvalue weighted by Crippen LogP contribution is 2.46. The van der Waals surface area contributed by atoms with E-state index in [4.69, 9.17) is 5.11 Å². The number of aryl methyl sites for hydroxylation is 1. The van der Waals surface area contributed by atoms with Gasteiger partial charge in [-0.2, -0.15) is 0 Å². The van der Waals surface area contributed by atoms with E-state index in [0.717, 1.165) is 18.4 Å². The minimum Gasteiger partial charge on any atom is -0.478 e. The molecule has 0 bridgehead atoms. The molecule has 1 amide bonds. The topological polar surface area (TPSA) is 66.4 Å². The van der Waals surface area contributed by atoms with Gasteiger partial charge in [0.2, 0.25) is 0 Å². The van der Waals surface area contributed by atoms with E-state index in [0.29, 0.717) is 11.3 Å². The number of carboxylic acid groups (broad SMARTS) is 1. The van der Waals surface area contributed by atoms with E-state index in [1.807, 2.05) is 13.0 Å². The van der Waals surface area contributed by atoms with Crippen LogP contribution in [0.2, 0.25) is 0 Å². The Bertz CT molecular complexity index is 908. The second-order valence-corrected chi connectivity index (χ2v) is 8.82. The number of amides is 1. The minimum absolute atomic E-state index is 0.0384. The van der Waals surface area contributed by atoms with Crippen LogP contribution < -0.4 is 5.32 Å². The molecule has 2 aromatic carbocycles. The molecule has 0 unspecified atom stereocenters. The van der Waals surface area contributed by atoms with Crippen LogP contribution >= 0.6 is 0 Å². The van der Waals surface area contributed by atoms with Crippen LogP contribution in [-0.4, -0.2) is 17.0 Å². The molecule has 27 heavy (non-hydrogen) atoms. The number of rotatable bonds is 3. The zero-order chi connectivity index (χ0) is 20.0. The van der Waals surface area contributed by atoms with Gasteiger partial charge in [0.25, 0.3) is 5.91 Å². The molecule has 1 aliphatic rings. The van der Waals surface area contributed by atoms with Gasteiger partial charge in [-0.1, -0.05) is 33.8 Å². The zero-order valence-electron chi connectivity index (χ0n) is 16.6. The summed E-state index contributed by atoms with van der Waals surface area (Å²) in [5.41, 5.74) is 5.13. The Morgan fingerprint density at radius 2 is 1.44 bits per heavy atom. The highest BCUT2D eigenvalue weighted by Gasteiger charge is 2.37. The average Bonchev–Trinajstić information content (AvgIpc) is 2.59. The predicted molar refractivity (Wildman–Crippen MR) is 108 cm³/mol. The minimum atomic E-state index is -0.983. The van der Waals surface area contributed by atoms with Crippen LogP contribution in [0.4, 0.5) is 5.69 Å². The van der Waals surface area contributed by atoms with Crippen molar-refractivity contribution in [3.05, 3.63) is 64.2 Å². The second-order valence-electron chi connectivity index (χ2n) is 8.82. The number of carbonyl (C=O) groups excluding carboxylic acids is 1. The maximum Gasteiger partial charge on any atom is 0.335 e. The summed E-state index contributed by atoms with van der Waals surface area (Å²) in [6.45, 7) is 11.0. The molecule has 3 rings (SSSR count).